The van der Waals surface area contributed by atoms with E-state index in [9.17, 15) is 4.39 Å². The predicted octanol–water partition coefficient (Wildman–Crippen LogP) is 4.53. The number of halogens is 2. The lowest BCUT2D eigenvalue weighted by Crippen LogP contribution is -2.41. The minimum atomic E-state index is -0.215. The van der Waals surface area contributed by atoms with Crippen LogP contribution in [0.5, 0.6) is 0 Å². The van der Waals surface area contributed by atoms with Crippen molar-refractivity contribution in [3.05, 3.63) is 28.5 Å². The van der Waals surface area contributed by atoms with Gasteiger partial charge in [0.15, 0.2) is 0 Å². The predicted molar refractivity (Wildman–Crippen MR) is 77.2 cm³/mol. The molecule has 1 unspecified atom stereocenters. The maximum atomic E-state index is 13.2. The SMILES string of the molecule is CC1(C)CCSCC1Nc1ccc(F)c(Br)c1. The second kappa shape index (κ2) is 5.19. The van der Waals surface area contributed by atoms with E-state index in [1.165, 1.54) is 18.2 Å². The zero-order valence-corrected chi connectivity index (χ0v) is 12.5. The van der Waals surface area contributed by atoms with E-state index in [-0.39, 0.29) is 5.82 Å². The third-order valence-corrected chi connectivity index (χ3v) is 5.05. The summed E-state index contributed by atoms with van der Waals surface area (Å²) in [6, 6.07) is 5.55. The van der Waals surface area contributed by atoms with Gasteiger partial charge >= 0.3 is 0 Å². The van der Waals surface area contributed by atoms with E-state index in [1.807, 2.05) is 17.8 Å². The van der Waals surface area contributed by atoms with Crippen LogP contribution in [0.25, 0.3) is 0 Å². The summed E-state index contributed by atoms with van der Waals surface area (Å²) >= 11 is 5.20. The summed E-state index contributed by atoms with van der Waals surface area (Å²) in [6.45, 7) is 4.59. The molecule has 1 aliphatic heterocycles. The van der Waals surface area contributed by atoms with Gasteiger partial charge in [0.05, 0.1) is 4.47 Å². The van der Waals surface area contributed by atoms with Gasteiger partial charge in [-0.2, -0.15) is 11.8 Å². The molecular weight excluding hydrogens is 301 g/mol. The van der Waals surface area contributed by atoms with Gasteiger partial charge in [-0.15, -0.1) is 0 Å². The van der Waals surface area contributed by atoms with Crippen LogP contribution in [-0.4, -0.2) is 17.5 Å². The van der Waals surface area contributed by atoms with Gasteiger partial charge in [-0.05, 0) is 51.7 Å². The number of hydrogen-bond donors (Lipinski definition) is 1. The number of nitrogens with one attached hydrogen (secondary N) is 1. The average Bonchev–Trinajstić information content (AvgIpc) is 2.26. The second-order valence-electron chi connectivity index (χ2n) is 5.14. The fourth-order valence-electron chi connectivity index (χ4n) is 1.96. The number of thioether (sulfide) groups is 1. The van der Waals surface area contributed by atoms with Crippen molar-refractivity contribution in [3.8, 4) is 0 Å². The zero-order chi connectivity index (χ0) is 12.5. The van der Waals surface area contributed by atoms with Crippen LogP contribution in [0.1, 0.15) is 20.3 Å². The Labute approximate surface area is 115 Å². The second-order valence-corrected chi connectivity index (χ2v) is 7.14. The van der Waals surface area contributed by atoms with Gasteiger partial charge < -0.3 is 5.32 Å². The van der Waals surface area contributed by atoms with Gasteiger partial charge in [-0.1, -0.05) is 13.8 Å². The molecule has 0 saturated carbocycles. The van der Waals surface area contributed by atoms with Gasteiger partial charge in [-0.25, -0.2) is 4.39 Å². The maximum absolute atomic E-state index is 13.2. The van der Waals surface area contributed by atoms with Crippen LogP contribution in [0.15, 0.2) is 22.7 Å². The lowest BCUT2D eigenvalue weighted by molar-refractivity contribution is 0.305. The molecule has 2 rings (SSSR count). The van der Waals surface area contributed by atoms with Gasteiger partial charge in [0.25, 0.3) is 0 Å². The molecule has 0 bridgehead atoms. The first-order valence-corrected chi connectivity index (χ1v) is 7.73. The summed E-state index contributed by atoms with van der Waals surface area (Å²) in [5.41, 5.74) is 1.28. The third kappa shape index (κ3) is 3.16. The van der Waals surface area contributed by atoms with E-state index in [2.05, 4.69) is 35.1 Å². The van der Waals surface area contributed by atoms with Crippen molar-refractivity contribution in [1.82, 2.24) is 0 Å². The normalized spacial score (nSPS) is 23.4. The Hall–Kier alpha value is -0.220. The molecule has 1 aromatic rings. The molecule has 1 aromatic carbocycles. The lowest BCUT2D eigenvalue weighted by atomic mass is 9.82. The Balaban J connectivity index is 2.11. The van der Waals surface area contributed by atoms with Crippen molar-refractivity contribution in [2.24, 2.45) is 5.41 Å². The molecule has 0 aliphatic carbocycles. The number of benzene rings is 1. The third-order valence-electron chi connectivity index (χ3n) is 3.38. The van der Waals surface area contributed by atoms with Crippen LogP contribution in [0.3, 0.4) is 0 Å². The molecule has 1 fully saturated rings. The first-order chi connectivity index (χ1) is 7.99. The summed E-state index contributed by atoms with van der Waals surface area (Å²) in [4.78, 5) is 0. The van der Waals surface area contributed by atoms with Crippen LogP contribution in [0, 0.1) is 11.2 Å². The Bertz CT molecular complexity index is 408. The molecule has 0 spiro atoms. The van der Waals surface area contributed by atoms with Gasteiger partial charge in [0, 0.05) is 17.5 Å². The van der Waals surface area contributed by atoms with Gasteiger partial charge in [-0.3, -0.25) is 0 Å². The Morgan fingerprint density at radius 3 is 2.88 bits per heavy atom. The van der Waals surface area contributed by atoms with Crippen LogP contribution in [0.4, 0.5) is 10.1 Å². The van der Waals surface area contributed by atoms with Crippen LogP contribution < -0.4 is 5.32 Å². The first kappa shape index (κ1) is 13.2. The number of anilines is 1. The average molecular weight is 318 g/mol. The fraction of sp³-hybridized carbons (Fsp3) is 0.538. The van der Waals surface area contributed by atoms with Crippen molar-refractivity contribution in [1.29, 1.82) is 0 Å². The minimum Gasteiger partial charge on any atom is -0.381 e. The molecule has 1 N–H and O–H groups in total. The summed E-state index contributed by atoms with van der Waals surface area (Å²) in [5.74, 6) is 2.13. The zero-order valence-electron chi connectivity index (χ0n) is 10.1. The molecule has 0 aromatic heterocycles. The molecule has 0 amide bonds. The summed E-state index contributed by atoms with van der Waals surface area (Å²) in [5, 5.41) is 3.52. The Kier molecular flexibility index (Phi) is 4.03. The topological polar surface area (TPSA) is 12.0 Å². The molecule has 1 atom stereocenters. The largest absolute Gasteiger partial charge is 0.381 e. The molecule has 0 radical (unpaired) electrons. The van der Waals surface area contributed by atoms with Crippen molar-refractivity contribution >= 4 is 33.4 Å². The first-order valence-electron chi connectivity index (χ1n) is 5.78. The smallest absolute Gasteiger partial charge is 0.137 e. The summed E-state index contributed by atoms with van der Waals surface area (Å²) < 4.78 is 13.7. The van der Waals surface area contributed by atoms with E-state index in [0.717, 1.165) is 11.4 Å². The van der Waals surface area contributed by atoms with Gasteiger partial charge in [0.2, 0.25) is 0 Å². The van der Waals surface area contributed by atoms with Crippen LogP contribution in [-0.2, 0) is 0 Å². The van der Waals surface area contributed by atoms with E-state index in [4.69, 9.17) is 0 Å². The highest BCUT2D eigenvalue weighted by Crippen LogP contribution is 2.36. The number of hydrogen-bond acceptors (Lipinski definition) is 2. The summed E-state index contributed by atoms with van der Waals surface area (Å²) in [6.07, 6.45) is 1.22. The van der Waals surface area contributed by atoms with Crippen LogP contribution in [0.2, 0.25) is 0 Å². The molecular formula is C13H17BrFNS. The fourth-order valence-corrected chi connectivity index (χ4v) is 3.95. The maximum Gasteiger partial charge on any atom is 0.137 e. The van der Waals surface area contributed by atoms with E-state index < -0.39 is 0 Å². The Morgan fingerprint density at radius 1 is 1.47 bits per heavy atom. The van der Waals surface area contributed by atoms with Crippen molar-refractivity contribution in [2.45, 2.75) is 26.3 Å². The van der Waals surface area contributed by atoms with Crippen molar-refractivity contribution in [3.63, 3.8) is 0 Å². The van der Waals surface area contributed by atoms with Crippen molar-refractivity contribution in [2.75, 3.05) is 16.8 Å². The molecule has 1 aliphatic rings. The molecule has 1 saturated heterocycles. The monoisotopic (exact) mass is 317 g/mol. The Morgan fingerprint density at radius 2 is 2.24 bits per heavy atom. The molecule has 1 heterocycles. The van der Waals surface area contributed by atoms with E-state index in [0.29, 0.717) is 15.9 Å². The molecule has 17 heavy (non-hydrogen) atoms. The van der Waals surface area contributed by atoms with Crippen molar-refractivity contribution < 1.29 is 4.39 Å². The van der Waals surface area contributed by atoms with Gasteiger partial charge in [0.1, 0.15) is 5.82 Å². The molecule has 1 nitrogen and oxygen atoms in total. The molecule has 4 heteroatoms. The minimum absolute atomic E-state index is 0.215. The standard InChI is InChI=1S/C13H17BrFNS/c1-13(2)5-6-17-8-12(13)16-9-3-4-11(15)10(14)7-9/h3-4,7,12,16H,5-6,8H2,1-2H3. The number of rotatable bonds is 2. The lowest BCUT2D eigenvalue weighted by Gasteiger charge is -2.39. The highest BCUT2D eigenvalue weighted by molar-refractivity contribution is 9.10. The van der Waals surface area contributed by atoms with Crippen LogP contribution >= 0.6 is 27.7 Å². The summed E-state index contributed by atoms with van der Waals surface area (Å²) in [7, 11) is 0. The quantitative estimate of drug-likeness (QED) is 0.860. The van der Waals surface area contributed by atoms with E-state index in [1.54, 1.807) is 6.07 Å². The molecule has 94 valence electrons. The van der Waals surface area contributed by atoms with E-state index >= 15 is 0 Å². The highest BCUT2D eigenvalue weighted by atomic mass is 79.9. The highest BCUT2D eigenvalue weighted by Gasteiger charge is 2.32.